The lowest BCUT2D eigenvalue weighted by molar-refractivity contribution is -0.137. The van der Waals surface area contributed by atoms with Gasteiger partial charge in [0, 0.05) is 5.69 Å². The van der Waals surface area contributed by atoms with Crippen molar-refractivity contribution < 1.29 is 19.4 Å². The number of hydrogen-bond acceptors (Lipinski definition) is 4. The van der Waals surface area contributed by atoms with Crippen LogP contribution in [0.5, 0.6) is 0 Å². The number of carbonyl (C=O) groups excluding carboxylic acids is 1. The van der Waals surface area contributed by atoms with E-state index in [1.165, 1.54) is 0 Å². The molecule has 1 aromatic rings. The molecule has 0 aromatic heterocycles. The molecule has 98 valence electrons. The van der Waals surface area contributed by atoms with E-state index in [0.29, 0.717) is 17.9 Å². The van der Waals surface area contributed by atoms with Crippen molar-refractivity contribution in [2.24, 2.45) is 0 Å². The van der Waals surface area contributed by atoms with Crippen LogP contribution < -0.4 is 5.32 Å². The van der Waals surface area contributed by atoms with Crippen LogP contribution >= 0.6 is 0 Å². The molecule has 0 fully saturated rings. The highest BCUT2D eigenvalue weighted by atomic mass is 16.5. The first-order valence-electron chi connectivity index (χ1n) is 5.81. The number of ether oxygens (including phenoxy) is 1. The normalized spacial score (nSPS) is 11.7. The second kappa shape index (κ2) is 6.64. The Bertz CT molecular complexity index is 414. The average Bonchev–Trinajstić information content (AvgIpc) is 2.36. The molecule has 1 rings (SSSR count). The zero-order chi connectivity index (χ0) is 13.5. The molecule has 0 saturated carbocycles. The number of carbonyl (C=O) groups is 2. The van der Waals surface area contributed by atoms with E-state index in [0.717, 1.165) is 6.42 Å². The van der Waals surface area contributed by atoms with Gasteiger partial charge in [0.2, 0.25) is 0 Å². The predicted molar refractivity (Wildman–Crippen MR) is 67.7 cm³/mol. The number of hydrogen-bond donors (Lipinski definition) is 2. The fourth-order valence-electron chi connectivity index (χ4n) is 1.29. The minimum Gasteiger partial charge on any atom is -0.480 e. The molecule has 1 atom stereocenters. The minimum absolute atomic E-state index is 0.366. The summed E-state index contributed by atoms with van der Waals surface area (Å²) in [5.74, 6) is -1.30. The number of carboxylic acid groups (broad SMARTS) is 1. The molecule has 0 aliphatic carbocycles. The standard InChI is InChI=1S/C13H17NO4/c1-3-8-18-13(17)10-4-6-11(7-5-10)14-9(2)12(15)16/h4-7,9,14H,3,8H2,1-2H3,(H,15,16). The molecule has 0 heterocycles. The number of esters is 1. The van der Waals surface area contributed by atoms with Gasteiger partial charge >= 0.3 is 11.9 Å². The van der Waals surface area contributed by atoms with E-state index < -0.39 is 12.0 Å². The molecule has 0 bridgehead atoms. The fourth-order valence-corrected chi connectivity index (χ4v) is 1.29. The van der Waals surface area contributed by atoms with E-state index in [-0.39, 0.29) is 5.97 Å². The Labute approximate surface area is 106 Å². The Balaban J connectivity index is 2.62. The van der Waals surface area contributed by atoms with E-state index in [4.69, 9.17) is 9.84 Å². The third-order valence-electron chi connectivity index (χ3n) is 2.31. The lowest BCUT2D eigenvalue weighted by Gasteiger charge is -2.11. The number of aliphatic carboxylic acids is 1. The molecule has 5 nitrogen and oxygen atoms in total. The maximum Gasteiger partial charge on any atom is 0.338 e. The first-order valence-corrected chi connectivity index (χ1v) is 5.81. The lowest BCUT2D eigenvalue weighted by atomic mass is 10.2. The Hall–Kier alpha value is -2.04. The van der Waals surface area contributed by atoms with Crippen molar-refractivity contribution in [2.75, 3.05) is 11.9 Å². The van der Waals surface area contributed by atoms with Crippen LogP contribution in [0.1, 0.15) is 30.6 Å². The highest BCUT2D eigenvalue weighted by molar-refractivity contribution is 5.89. The molecule has 0 amide bonds. The molecule has 0 aliphatic rings. The molecule has 0 saturated heterocycles. The van der Waals surface area contributed by atoms with Crippen LogP contribution in [-0.4, -0.2) is 29.7 Å². The van der Waals surface area contributed by atoms with E-state index in [1.807, 2.05) is 6.92 Å². The monoisotopic (exact) mass is 251 g/mol. The molecular formula is C13H17NO4. The summed E-state index contributed by atoms with van der Waals surface area (Å²) in [6, 6.07) is 5.84. The Morgan fingerprint density at radius 1 is 1.33 bits per heavy atom. The molecule has 2 N–H and O–H groups in total. The predicted octanol–water partition coefficient (Wildman–Crippen LogP) is 2.14. The number of benzene rings is 1. The second-order valence-electron chi connectivity index (χ2n) is 3.92. The van der Waals surface area contributed by atoms with Crippen LogP contribution in [0.4, 0.5) is 5.69 Å². The van der Waals surface area contributed by atoms with Gasteiger partial charge in [-0.25, -0.2) is 4.79 Å². The molecule has 18 heavy (non-hydrogen) atoms. The second-order valence-corrected chi connectivity index (χ2v) is 3.92. The zero-order valence-electron chi connectivity index (χ0n) is 10.5. The average molecular weight is 251 g/mol. The van der Waals surface area contributed by atoms with Crippen molar-refractivity contribution in [2.45, 2.75) is 26.3 Å². The quantitative estimate of drug-likeness (QED) is 0.757. The van der Waals surface area contributed by atoms with Gasteiger partial charge in [-0.05, 0) is 37.6 Å². The van der Waals surface area contributed by atoms with E-state index in [1.54, 1.807) is 31.2 Å². The summed E-state index contributed by atoms with van der Waals surface area (Å²) < 4.78 is 4.98. The molecule has 0 aliphatic heterocycles. The van der Waals surface area contributed by atoms with Crippen LogP contribution in [0.3, 0.4) is 0 Å². The van der Waals surface area contributed by atoms with Crippen LogP contribution in [-0.2, 0) is 9.53 Å². The third-order valence-corrected chi connectivity index (χ3v) is 2.31. The first-order chi connectivity index (χ1) is 8.54. The van der Waals surface area contributed by atoms with Gasteiger partial charge in [0.1, 0.15) is 6.04 Å². The summed E-state index contributed by atoms with van der Waals surface area (Å²) in [6.07, 6.45) is 0.779. The molecule has 0 radical (unpaired) electrons. The van der Waals surface area contributed by atoms with Crippen molar-refractivity contribution in [3.8, 4) is 0 Å². The van der Waals surface area contributed by atoms with Gasteiger partial charge < -0.3 is 15.2 Å². The Kier molecular flexibility index (Phi) is 5.17. The molecule has 5 heteroatoms. The molecule has 1 aromatic carbocycles. The van der Waals surface area contributed by atoms with Gasteiger partial charge in [-0.1, -0.05) is 6.92 Å². The van der Waals surface area contributed by atoms with Crippen LogP contribution in [0.15, 0.2) is 24.3 Å². The van der Waals surface area contributed by atoms with Crippen molar-refractivity contribution in [1.29, 1.82) is 0 Å². The smallest absolute Gasteiger partial charge is 0.338 e. The highest BCUT2D eigenvalue weighted by Gasteiger charge is 2.11. The molecular weight excluding hydrogens is 234 g/mol. The van der Waals surface area contributed by atoms with Crippen molar-refractivity contribution >= 4 is 17.6 Å². The Morgan fingerprint density at radius 3 is 2.44 bits per heavy atom. The third kappa shape index (κ3) is 4.08. The van der Waals surface area contributed by atoms with Gasteiger partial charge in [-0.2, -0.15) is 0 Å². The number of rotatable bonds is 6. The lowest BCUT2D eigenvalue weighted by Crippen LogP contribution is -2.25. The van der Waals surface area contributed by atoms with E-state index in [2.05, 4.69) is 5.32 Å². The first kappa shape index (κ1) is 14.0. The minimum atomic E-state index is -0.929. The summed E-state index contributed by atoms with van der Waals surface area (Å²) in [6.45, 7) is 3.87. The maximum atomic E-state index is 11.5. The van der Waals surface area contributed by atoms with Gasteiger partial charge in [0.25, 0.3) is 0 Å². The zero-order valence-corrected chi connectivity index (χ0v) is 10.5. The van der Waals surface area contributed by atoms with Gasteiger partial charge in [-0.15, -0.1) is 0 Å². The summed E-state index contributed by atoms with van der Waals surface area (Å²) in [4.78, 5) is 22.2. The Morgan fingerprint density at radius 2 is 1.94 bits per heavy atom. The fraction of sp³-hybridized carbons (Fsp3) is 0.385. The maximum absolute atomic E-state index is 11.5. The molecule has 0 spiro atoms. The number of anilines is 1. The number of carboxylic acids is 1. The summed E-state index contributed by atoms with van der Waals surface area (Å²) in [5, 5.41) is 11.5. The van der Waals surface area contributed by atoms with Crippen molar-refractivity contribution in [1.82, 2.24) is 0 Å². The SMILES string of the molecule is CCCOC(=O)c1ccc(NC(C)C(=O)O)cc1. The van der Waals surface area contributed by atoms with Crippen molar-refractivity contribution in [3.63, 3.8) is 0 Å². The van der Waals surface area contributed by atoms with Gasteiger partial charge in [0.15, 0.2) is 0 Å². The summed E-state index contributed by atoms with van der Waals surface area (Å²) in [7, 11) is 0. The largest absolute Gasteiger partial charge is 0.480 e. The number of nitrogens with one attached hydrogen (secondary N) is 1. The van der Waals surface area contributed by atoms with Crippen LogP contribution in [0.2, 0.25) is 0 Å². The summed E-state index contributed by atoms with van der Waals surface area (Å²) >= 11 is 0. The van der Waals surface area contributed by atoms with Gasteiger partial charge in [0.05, 0.1) is 12.2 Å². The topological polar surface area (TPSA) is 75.6 Å². The van der Waals surface area contributed by atoms with E-state index >= 15 is 0 Å². The molecule has 1 unspecified atom stereocenters. The van der Waals surface area contributed by atoms with Crippen LogP contribution in [0.25, 0.3) is 0 Å². The highest BCUT2D eigenvalue weighted by Crippen LogP contribution is 2.11. The van der Waals surface area contributed by atoms with Gasteiger partial charge in [-0.3, -0.25) is 4.79 Å². The van der Waals surface area contributed by atoms with E-state index in [9.17, 15) is 9.59 Å². The van der Waals surface area contributed by atoms with Crippen LogP contribution in [0, 0.1) is 0 Å². The van der Waals surface area contributed by atoms with Crippen molar-refractivity contribution in [3.05, 3.63) is 29.8 Å². The summed E-state index contributed by atoms with van der Waals surface area (Å²) in [5.41, 5.74) is 1.11.